The van der Waals surface area contributed by atoms with Gasteiger partial charge in [0.2, 0.25) is 0 Å². The maximum Gasteiger partial charge on any atom is 0.408 e. The number of halogens is 2. The summed E-state index contributed by atoms with van der Waals surface area (Å²) in [6.07, 6.45) is -1.19. The minimum Gasteiger partial charge on any atom is -0.465 e. The van der Waals surface area contributed by atoms with Crippen molar-refractivity contribution in [2.24, 2.45) is 5.41 Å². The fraction of sp³-hybridized carbons (Fsp3) is 0.650. The molecule has 0 aliphatic carbocycles. The molecule has 1 aliphatic rings. The van der Waals surface area contributed by atoms with Gasteiger partial charge in [-0.3, -0.25) is 4.90 Å². The summed E-state index contributed by atoms with van der Waals surface area (Å²) < 4.78 is 35.1. The Kier molecular flexibility index (Phi) is 5.79. The van der Waals surface area contributed by atoms with Crippen LogP contribution in [-0.4, -0.2) is 37.8 Å². The zero-order valence-electron chi connectivity index (χ0n) is 17.3. The molecular formula is C20H31F2NO3Si. The fourth-order valence-electron chi connectivity index (χ4n) is 3.87. The summed E-state index contributed by atoms with van der Waals surface area (Å²) in [5.74, 6) is -1.18. The van der Waals surface area contributed by atoms with Crippen molar-refractivity contribution >= 4 is 15.1 Å². The highest BCUT2D eigenvalue weighted by molar-refractivity contribution is 6.53. The molecule has 27 heavy (non-hydrogen) atoms. The Balaban J connectivity index is 2.57. The number of carbonyl (C=O) groups is 1. The molecule has 4 nitrogen and oxygen atoms in total. The van der Waals surface area contributed by atoms with E-state index in [4.69, 9.17) is 4.43 Å². The SMILES string of the molecule is C[SiH](O[C@H]1CN(C(=O)O)C(c2cc(F)ccc2F)(C(C)(C)C)C1)C(C)(C)C. The van der Waals surface area contributed by atoms with Crippen LogP contribution in [0.1, 0.15) is 53.5 Å². The molecule has 1 aliphatic heterocycles. The van der Waals surface area contributed by atoms with Crippen LogP contribution in [0.25, 0.3) is 0 Å². The Labute approximate surface area is 162 Å². The van der Waals surface area contributed by atoms with Gasteiger partial charge in [0.05, 0.1) is 11.6 Å². The van der Waals surface area contributed by atoms with Crippen LogP contribution in [0.4, 0.5) is 13.6 Å². The molecular weight excluding hydrogens is 368 g/mol. The monoisotopic (exact) mass is 399 g/mol. The molecule has 0 spiro atoms. The van der Waals surface area contributed by atoms with Gasteiger partial charge in [-0.1, -0.05) is 41.5 Å². The average molecular weight is 400 g/mol. The van der Waals surface area contributed by atoms with E-state index in [0.29, 0.717) is 6.42 Å². The van der Waals surface area contributed by atoms with Gasteiger partial charge in [0.15, 0.2) is 9.04 Å². The fourth-order valence-corrected chi connectivity index (χ4v) is 5.04. The molecule has 1 fully saturated rings. The topological polar surface area (TPSA) is 49.8 Å². The molecule has 0 aromatic heterocycles. The van der Waals surface area contributed by atoms with E-state index in [1.54, 1.807) is 0 Å². The van der Waals surface area contributed by atoms with Gasteiger partial charge >= 0.3 is 6.09 Å². The molecule has 1 aromatic carbocycles. The van der Waals surface area contributed by atoms with Crippen molar-refractivity contribution in [1.82, 2.24) is 4.90 Å². The molecule has 0 saturated carbocycles. The number of nitrogens with zero attached hydrogens (tertiary/aromatic N) is 1. The number of rotatable bonds is 3. The maximum absolute atomic E-state index is 14.8. The highest BCUT2D eigenvalue weighted by Gasteiger charge is 2.57. The third-order valence-electron chi connectivity index (χ3n) is 5.83. The Morgan fingerprint density at radius 3 is 2.33 bits per heavy atom. The quantitative estimate of drug-likeness (QED) is 0.717. The predicted octanol–water partition coefficient (Wildman–Crippen LogP) is 5.13. The number of likely N-dealkylation sites (tertiary alicyclic amines) is 1. The number of hydrogen-bond donors (Lipinski definition) is 1. The molecule has 3 atom stereocenters. The number of benzene rings is 1. The van der Waals surface area contributed by atoms with Gasteiger partial charge in [-0.15, -0.1) is 0 Å². The van der Waals surface area contributed by atoms with Crippen LogP contribution in [0.2, 0.25) is 11.6 Å². The van der Waals surface area contributed by atoms with Gasteiger partial charge in [0, 0.05) is 18.5 Å². The van der Waals surface area contributed by atoms with Crippen molar-refractivity contribution in [2.75, 3.05) is 6.54 Å². The molecule has 0 bridgehead atoms. The second-order valence-corrected chi connectivity index (χ2v) is 12.9. The molecule has 1 heterocycles. The summed E-state index contributed by atoms with van der Waals surface area (Å²) in [6, 6.07) is 3.25. The maximum atomic E-state index is 14.8. The Morgan fingerprint density at radius 2 is 1.85 bits per heavy atom. The average Bonchev–Trinajstić information content (AvgIpc) is 2.89. The lowest BCUT2D eigenvalue weighted by Crippen LogP contribution is -2.53. The van der Waals surface area contributed by atoms with Crippen LogP contribution in [0.15, 0.2) is 18.2 Å². The number of carboxylic acid groups (broad SMARTS) is 1. The first-order chi connectivity index (χ1) is 12.2. The van der Waals surface area contributed by atoms with Crippen LogP contribution in [0, 0.1) is 17.0 Å². The summed E-state index contributed by atoms with van der Waals surface area (Å²) in [5, 5.41) is 9.93. The highest BCUT2D eigenvalue weighted by atomic mass is 28.3. The van der Waals surface area contributed by atoms with Crippen molar-refractivity contribution in [3.8, 4) is 0 Å². The van der Waals surface area contributed by atoms with Crippen molar-refractivity contribution < 1.29 is 23.1 Å². The van der Waals surface area contributed by atoms with Crippen LogP contribution < -0.4 is 0 Å². The Morgan fingerprint density at radius 1 is 1.26 bits per heavy atom. The summed E-state index contributed by atoms with van der Waals surface area (Å²) in [5.41, 5.74) is -1.79. The number of hydrogen-bond acceptors (Lipinski definition) is 2. The molecule has 1 aromatic rings. The molecule has 1 saturated heterocycles. The van der Waals surface area contributed by atoms with E-state index in [2.05, 4.69) is 27.3 Å². The molecule has 0 radical (unpaired) electrons. The lowest BCUT2D eigenvalue weighted by Gasteiger charge is -2.47. The van der Waals surface area contributed by atoms with Crippen molar-refractivity contribution in [2.45, 2.75) is 71.2 Å². The molecule has 2 unspecified atom stereocenters. The normalized spacial score (nSPS) is 24.9. The van der Waals surface area contributed by atoms with E-state index >= 15 is 0 Å². The highest BCUT2D eigenvalue weighted by Crippen LogP contribution is 2.53. The van der Waals surface area contributed by atoms with Gasteiger partial charge < -0.3 is 9.53 Å². The minimum atomic E-state index is -1.62. The van der Waals surface area contributed by atoms with Crippen LogP contribution in [0.3, 0.4) is 0 Å². The van der Waals surface area contributed by atoms with E-state index in [-0.39, 0.29) is 23.3 Å². The lowest BCUT2D eigenvalue weighted by molar-refractivity contribution is 0.0244. The molecule has 2 rings (SSSR count). The first kappa shape index (κ1) is 21.8. The second kappa shape index (κ2) is 7.17. The predicted molar refractivity (Wildman–Crippen MR) is 104 cm³/mol. The van der Waals surface area contributed by atoms with E-state index in [9.17, 15) is 18.7 Å². The van der Waals surface area contributed by atoms with E-state index in [1.165, 1.54) is 4.90 Å². The Hall–Kier alpha value is -1.47. The first-order valence-corrected chi connectivity index (χ1v) is 11.5. The summed E-state index contributed by atoms with van der Waals surface area (Å²) in [6.45, 7) is 14.1. The zero-order chi connectivity index (χ0) is 20.8. The van der Waals surface area contributed by atoms with Gasteiger partial charge in [-0.2, -0.15) is 0 Å². The van der Waals surface area contributed by atoms with Crippen LogP contribution in [0.5, 0.6) is 0 Å². The van der Waals surface area contributed by atoms with Gasteiger partial charge in [0.25, 0.3) is 0 Å². The van der Waals surface area contributed by atoms with Crippen LogP contribution >= 0.6 is 0 Å². The van der Waals surface area contributed by atoms with Crippen molar-refractivity contribution in [1.29, 1.82) is 0 Å². The number of amides is 1. The van der Waals surface area contributed by atoms with Crippen LogP contribution in [-0.2, 0) is 9.96 Å². The summed E-state index contributed by atoms with van der Waals surface area (Å²) >= 11 is 0. The van der Waals surface area contributed by atoms with Crippen molar-refractivity contribution in [3.63, 3.8) is 0 Å². The van der Waals surface area contributed by atoms with E-state index in [0.717, 1.165) is 18.2 Å². The van der Waals surface area contributed by atoms with Gasteiger partial charge in [-0.05, 0) is 35.2 Å². The first-order valence-electron chi connectivity index (χ1n) is 9.31. The standard InChI is InChI=1S/C20H31F2NO3Si/c1-18(2,3)20(15-10-13(21)8-9-16(15)22)11-14(12-23(20)17(24)25)26-27(7)19(4,5)6/h8-10,14,27H,11-12H2,1-7H3,(H,24,25)/t14-,20?,27?/m1/s1. The summed E-state index contributed by atoms with van der Waals surface area (Å²) in [7, 11) is -1.62. The molecule has 1 N–H and O–H groups in total. The minimum absolute atomic E-state index is 0.0190. The molecule has 1 amide bonds. The molecule has 7 heteroatoms. The zero-order valence-corrected chi connectivity index (χ0v) is 18.4. The third-order valence-corrected chi connectivity index (χ3v) is 9.06. The molecule has 152 valence electrons. The Bertz CT molecular complexity index is 714. The van der Waals surface area contributed by atoms with E-state index < -0.39 is 37.7 Å². The van der Waals surface area contributed by atoms with Gasteiger partial charge in [0.1, 0.15) is 11.6 Å². The van der Waals surface area contributed by atoms with Crippen molar-refractivity contribution in [3.05, 3.63) is 35.4 Å². The summed E-state index contributed by atoms with van der Waals surface area (Å²) in [4.78, 5) is 13.4. The smallest absolute Gasteiger partial charge is 0.408 e. The second-order valence-electron chi connectivity index (χ2n) is 9.60. The lowest BCUT2D eigenvalue weighted by atomic mass is 9.67. The van der Waals surface area contributed by atoms with Gasteiger partial charge in [-0.25, -0.2) is 13.6 Å². The third kappa shape index (κ3) is 4.04. The largest absolute Gasteiger partial charge is 0.465 e. The van der Waals surface area contributed by atoms with E-state index in [1.807, 2.05) is 20.8 Å².